The van der Waals surface area contributed by atoms with E-state index in [0.29, 0.717) is 12.5 Å². The van der Waals surface area contributed by atoms with Gasteiger partial charge in [0.1, 0.15) is 0 Å². The SMILES string of the molecule is COCC(Nc1cccc(-c2cnco2)c1)C(C)C. The lowest BCUT2D eigenvalue weighted by Gasteiger charge is -2.22. The van der Waals surface area contributed by atoms with E-state index in [0.717, 1.165) is 17.0 Å². The predicted octanol–water partition coefficient (Wildman–Crippen LogP) is 3.42. The fourth-order valence-corrected chi connectivity index (χ4v) is 1.92. The Morgan fingerprint density at radius 1 is 1.37 bits per heavy atom. The lowest BCUT2D eigenvalue weighted by molar-refractivity contribution is 0.171. The van der Waals surface area contributed by atoms with Gasteiger partial charge in [-0.25, -0.2) is 4.98 Å². The van der Waals surface area contributed by atoms with Crippen LogP contribution >= 0.6 is 0 Å². The Hall–Kier alpha value is -1.81. The van der Waals surface area contributed by atoms with E-state index < -0.39 is 0 Å². The van der Waals surface area contributed by atoms with Gasteiger partial charge in [0, 0.05) is 18.4 Å². The number of benzene rings is 1. The first kappa shape index (κ1) is 13.6. The van der Waals surface area contributed by atoms with Gasteiger partial charge in [0.05, 0.1) is 18.8 Å². The van der Waals surface area contributed by atoms with E-state index in [2.05, 4.69) is 30.2 Å². The van der Waals surface area contributed by atoms with E-state index in [-0.39, 0.29) is 6.04 Å². The van der Waals surface area contributed by atoms with E-state index in [9.17, 15) is 0 Å². The van der Waals surface area contributed by atoms with Crippen molar-refractivity contribution in [2.24, 2.45) is 5.92 Å². The fraction of sp³-hybridized carbons (Fsp3) is 0.400. The number of rotatable bonds is 6. The van der Waals surface area contributed by atoms with Gasteiger partial charge in [-0.2, -0.15) is 0 Å². The molecule has 1 N–H and O–H groups in total. The zero-order valence-corrected chi connectivity index (χ0v) is 11.6. The molecule has 0 spiro atoms. The highest BCUT2D eigenvalue weighted by atomic mass is 16.5. The summed E-state index contributed by atoms with van der Waals surface area (Å²) in [5.41, 5.74) is 2.08. The lowest BCUT2D eigenvalue weighted by atomic mass is 10.0. The van der Waals surface area contributed by atoms with Crippen molar-refractivity contribution in [1.82, 2.24) is 4.98 Å². The molecule has 4 nitrogen and oxygen atoms in total. The first-order chi connectivity index (χ1) is 9.20. The Kier molecular flexibility index (Phi) is 4.58. The number of aromatic nitrogens is 1. The van der Waals surface area contributed by atoms with Crippen LogP contribution in [0.15, 0.2) is 41.3 Å². The third-order valence-electron chi connectivity index (χ3n) is 3.08. The Bertz CT molecular complexity index is 495. The Morgan fingerprint density at radius 3 is 2.84 bits per heavy atom. The second kappa shape index (κ2) is 6.38. The van der Waals surface area contributed by atoms with Crippen LogP contribution in [-0.4, -0.2) is 24.7 Å². The molecule has 19 heavy (non-hydrogen) atoms. The minimum atomic E-state index is 0.287. The zero-order valence-electron chi connectivity index (χ0n) is 11.6. The van der Waals surface area contributed by atoms with Crippen LogP contribution in [0.3, 0.4) is 0 Å². The molecule has 1 unspecified atom stereocenters. The van der Waals surface area contributed by atoms with Crippen LogP contribution < -0.4 is 5.32 Å². The summed E-state index contributed by atoms with van der Waals surface area (Å²) in [5.74, 6) is 1.27. The number of hydrogen-bond acceptors (Lipinski definition) is 4. The van der Waals surface area contributed by atoms with Gasteiger partial charge in [-0.15, -0.1) is 0 Å². The average molecular weight is 260 g/mol. The molecule has 0 aliphatic carbocycles. The molecule has 0 saturated heterocycles. The molecule has 0 aliphatic heterocycles. The number of methoxy groups -OCH3 is 1. The molecule has 102 valence electrons. The fourth-order valence-electron chi connectivity index (χ4n) is 1.92. The molecule has 2 aromatic rings. The van der Waals surface area contributed by atoms with Crippen LogP contribution in [0.5, 0.6) is 0 Å². The molecule has 0 amide bonds. The maximum absolute atomic E-state index is 5.31. The number of anilines is 1. The van der Waals surface area contributed by atoms with E-state index in [1.165, 1.54) is 6.39 Å². The Morgan fingerprint density at radius 2 is 2.21 bits per heavy atom. The topological polar surface area (TPSA) is 47.3 Å². The molecule has 1 aromatic carbocycles. The number of nitrogens with zero attached hydrogens (tertiary/aromatic N) is 1. The van der Waals surface area contributed by atoms with Gasteiger partial charge < -0.3 is 14.5 Å². The summed E-state index contributed by atoms with van der Waals surface area (Å²) >= 11 is 0. The summed E-state index contributed by atoms with van der Waals surface area (Å²) in [6.45, 7) is 5.04. The largest absolute Gasteiger partial charge is 0.444 e. The van der Waals surface area contributed by atoms with Crippen LogP contribution in [0.2, 0.25) is 0 Å². The van der Waals surface area contributed by atoms with Crippen molar-refractivity contribution < 1.29 is 9.15 Å². The van der Waals surface area contributed by atoms with Gasteiger partial charge in [0.2, 0.25) is 0 Å². The average Bonchev–Trinajstić information content (AvgIpc) is 2.92. The van der Waals surface area contributed by atoms with Crippen LogP contribution in [0, 0.1) is 5.92 Å². The van der Waals surface area contributed by atoms with Gasteiger partial charge in [0.15, 0.2) is 12.2 Å². The molecule has 1 atom stereocenters. The van der Waals surface area contributed by atoms with Gasteiger partial charge in [-0.05, 0) is 18.1 Å². The highest BCUT2D eigenvalue weighted by molar-refractivity contribution is 5.63. The Labute approximate surface area is 113 Å². The van der Waals surface area contributed by atoms with Crippen LogP contribution in [-0.2, 0) is 4.74 Å². The van der Waals surface area contributed by atoms with Crippen molar-refractivity contribution in [2.45, 2.75) is 19.9 Å². The number of oxazole rings is 1. The second-order valence-corrected chi connectivity index (χ2v) is 4.90. The molecular weight excluding hydrogens is 240 g/mol. The first-order valence-electron chi connectivity index (χ1n) is 6.45. The van der Waals surface area contributed by atoms with Crippen LogP contribution in [0.4, 0.5) is 5.69 Å². The molecule has 1 heterocycles. The summed E-state index contributed by atoms with van der Waals surface area (Å²) in [6.07, 6.45) is 3.16. The standard InChI is InChI=1S/C15H20N2O2/c1-11(2)14(9-18-3)17-13-6-4-5-12(7-13)15-8-16-10-19-15/h4-8,10-11,14,17H,9H2,1-3H3. The zero-order chi connectivity index (χ0) is 13.7. The molecule has 4 heteroatoms. The maximum atomic E-state index is 5.31. The van der Waals surface area contributed by atoms with E-state index in [1.54, 1.807) is 13.3 Å². The second-order valence-electron chi connectivity index (χ2n) is 4.90. The van der Waals surface area contributed by atoms with Crippen LogP contribution in [0.1, 0.15) is 13.8 Å². The molecule has 0 fully saturated rings. The molecular formula is C15H20N2O2. The van der Waals surface area contributed by atoms with Crippen molar-refractivity contribution >= 4 is 5.69 Å². The van der Waals surface area contributed by atoms with E-state index in [1.807, 2.05) is 18.2 Å². The van der Waals surface area contributed by atoms with Gasteiger partial charge in [-0.1, -0.05) is 26.0 Å². The molecule has 2 rings (SSSR count). The summed E-state index contributed by atoms with van der Waals surface area (Å²) in [6, 6.07) is 8.41. The van der Waals surface area contributed by atoms with Crippen molar-refractivity contribution in [3.63, 3.8) is 0 Å². The van der Waals surface area contributed by atoms with Crippen LogP contribution in [0.25, 0.3) is 11.3 Å². The van der Waals surface area contributed by atoms with Crippen molar-refractivity contribution in [1.29, 1.82) is 0 Å². The summed E-state index contributed by atoms with van der Waals surface area (Å²) in [7, 11) is 1.72. The summed E-state index contributed by atoms with van der Waals surface area (Å²) < 4.78 is 10.6. The van der Waals surface area contributed by atoms with Gasteiger partial charge in [0.25, 0.3) is 0 Å². The summed E-state index contributed by atoms with van der Waals surface area (Å²) in [4.78, 5) is 3.94. The third kappa shape index (κ3) is 3.58. The lowest BCUT2D eigenvalue weighted by Crippen LogP contribution is -2.30. The predicted molar refractivity (Wildman–Crippen MR) is 76.1 cm³/mol. The molecule has 1 aromatic heterocycles. The quantitative estimate of drug-likeness (QED) is 0.864. The maximum Gasteiger partial charge on any atom is 0.181 e. The van der Waals surface area contributed by atoms with Gasteiger partial charge in [-0.3, -0.25) is 0 Å². The highest BCUT2D eigenvalue weighted by Gasteiger charge is 2.13. The van der Waals surface area contributed by atoms with E-state index >= 15 is 0 Å². The number of ether oxygens (including phenoxy) is 1. The Balaban J connectivity index is 2.14. The normalized spacial score (nSPS) is 12.6. The minimum Gasteiger partial charge on any atom is -0.444 e. The molecule has 0 bridgehead atoms. The smallest absolute Gasteiger partial charge is 0.181 e. The molecule has 0 aliphatic rings. The third-order valence-corrected chi connectivity index (χ3v) is 3.08. The van der Waals surface area contributed by atoms with Crippen molar-refractivity contribution in [3.05, 3.63) is 36.9 Å². The van der Waals surface area contributed by atoms with Gasteiger partial charge >= 0.3 is 0 Å². The molecule has 0 radical (unpaired) electrons. The highest BCUT2D eigenvalue weighted by Crippen LogP contribution is 2.23. The van der Waals surface area contributed by atoms with Crippen molar-refractivity contribution in [2.75, 3.05) is 19.0 Å². The number of hydrogen-bond donors (Lipinski definition) is 1. The monoisotopic (exact) mass is 260 g/mol. The van der Waals surface area contributed by atoms with Crippen molar-refractivity contribution in [3.8, 4) is 11.3 Å². The summed E-state index contributed by atoms with van der Waals surface area (Å²) in [5, 5.41) is 3.49. The molecule has 0 saturated carbocycles. The number of nitrogens with one attached hydrogen (secondary N) is 1. The minimum absolute atomic E-state index is 0.287. The van der Waals surface area contributed by atoms with E-state index in [4.69, 9.17) is 9.15 Å². The first-order valence-corrected chi connectivity index (χ1v) is 6.45.